The molecule has 0 aromatic heterocycles. The standard InChI is InChI=1S/C7H5ClNO3S/c8-7-2-1-6(13(9,11)12)3-5(7)4-10/h1-3H,(H2,9,11,12). The van der Waals surface area contributed by atoms with Crippen molar-refractivity contribution in [2.24, 2.45) is 5.14 Å². The average molecular weight is 219 g/mol. The highest BCUT2D eigenvalue weighted by Gasteiger charge is 2.10. The maximum Gasteiger partial charge on any atom is 0.238 e. The van der Waals surface area contributed by atoms with Gasteiger partial charge in [-0.2, -0.15) is 0 Å². The minimum absolute atomic E-state index is 0.0202. The number of carbonyl (C=O) groups excluding carboxylic acids is 1. The molecule has 0 atom stereocenters. The number of benzene rings is 1. The largest absolute Gasteiger partial charge is 0.285 e. The van der Waals surface area contributed by atoms with Crippen molar-refractivity contribution in [3.05, 3.63) is 28.8 Å². The molecule has 0 spiro atoms. The molecule has 0 aliphatic heterocycles. The monoisotopic (exact) mass is 218 g/mol. The van der Waals surface area contributed by atoms with Gasteiger partial charge in [-0.05, 0) is 18.2 Å². The van der Waals surface area contributed by atoms with Crippen molar-refractivity contribution in [2.45, 2.75) is 4.90 Å². The van der Waals surface area contributed by atoms with Crippen LogP contribution >= 0.6 is 11.6 Å². The molecule has 0 saturated carbocycles. The fourth-order valence-corrected chi connectivity index (χ4v) is 1.46. The first-order valence-electron chi connectivity index (χ1n) is 3.15. The van der Waals surface area contributed by atoms with Crippen LogP contribution in [-0.4, -0.2) is 14.7 Å². The van der Waals surface area contributed by atoms with E-state index >= 15 is 0 Å². The van der Waals surface area contributed by atoms with Gasteiger partial charge >= 0.3 is 0 Å². The maximum atomic E-state index is 10.8. The van der Waals surface area contributed by atoms with Crippen LogP contribution in [0, 0.1) is 0 Å². The van der Waals surface area contributed by atoms with Crippen molar-refractivity contribution in [1.82, 2.24) is 0 Å². The molecule has 0 bridgehead atoms. The fourth-order valence-electron chi connectivity index (χ4n) is 0.760. The summed E-state index contributed by atoms with van der Waals surface area (Å²) in [4.78, 5) is 10.1. The molecule has 0 amide bonds. The Labute approximate surface area is 80.4 Å². The summed E-state index contributed by atoms with van der Waals surface area (Å²) in [5, 5.41) is 4.97. The Balaban J connectivity index is 3.38. The minimum atomic E-state index is -3.79. The van der Waals surface area contributed by atoms with Crippen molar-refractivity contribution in [1.29, 1.82) is 0 Å². The van der Waals surface area contributed by atoms with Gasteiger partial charge in [-0.25, -0.2) is 13.6 Å². The van der Waals surface area contributed by atoms with Crippen LogP contribution in [0.2, 0.25) is 5.02 Å². The highest BCUT2D eigenvalue weighted by Crippen LogP contribution is 2.17. The summed E-state index contributed by atoms with van der Waals surface area (Å²) in [5.74, 6) is 0. The lowest BCUT2D eigenvalue weighted by atomic mass is 10.2. The van der Waals surface area contributed by atoms with Crippen molar-refractivity contribution >= 4 is 27.9 Å². The summed E-state index contributed by atoms with van der Waals surface area (Å²) in [6, 6.07) is 3.57. The van der Waals surface area contributed by atoms with E-state index in [1.165, 1.54) is 18.4 Å². The molecule has 1 aromatic rings. The number of halogens is 1. The average Bonchev–Trinajstić information content (AvgIpc) is 2.03. The fraction of sp³-hybridized carbons (Fsp3) is 0. The lowest BCUT2D eigenvalue weighted by Crippen LogP contribution is -2.12. The molecule has 1 radical (unpaired) electrons. The van der Waals surface area contributed by atoms with E-state index in [2.05, 4.69) is 0 Å². The third-order valence-corrected chi connectivity index (χ3v) is 2.62. The summed E-state index contributed by atoms with van der Waals surface area (Å²) >= 11 is 5.55. The molecular formula is C7H5ClNO3S. The van der Waals surface area contributed by atoms with E-state index in [4.69, 9.17) is 16.7 Å². The van der Waals surface area contributed by atoms with Crippen molar-refractivity contribution < 1.29 is 13.2 Å². The van der Waals surface area contributed by atoms with E-state index < -0.39 is 10.0 Å². The minimum Gasteiger partial charge on any atom is -0.285 e. The summed E-state index contributed by atoms with van der Waals surface area (Å²) in [7, 11) is -3.79. The number of hydrogen-bond donors (Lipinski definition) is 1. The molecule has 0 aliphatic carbocycles. The molecule has 0 saturated heterocycles. The number of nitrogens with two attached hydrogens (primary N) is 1. The smallest absolute Gasteiger partial charge is 0.238 e. The van der Waals surface area contributed by atoms with Gasteiger partial charge in [0.25, 0.3) is 0 Å². The Morgan fingerprint density at radius 3 is 2.46 bits per heavy atom. The lowest BCUT2D eigenvalue weighted by molar-refractivity contribution is 0.562. The van der Waals surface area contributed by atoms with E-state index in [9.17, 15) is 13.2 Å². The molecule has 1 rings (SSSR count). The first-order chi connectivity index (χ1) is 5.95. The second kappa shape index (κ2) is 3.45. The number of rotatable bonds is 2. The van der Waals surface area contributed by atoms with Gasteiger partial charge in [0.1, 0.15) is 0 Å². The summed E-state index contributed by atoms with van der Waals surface area (Å²) in [6.07, 6.45) is 1.51. The van der Waals surface area contributed by atoms with Gasteiger partial charge in [-0.1, -0.05) is 11.6 Å². The number of sulfonamides is 1. The first-order valence-corrected chi connectivity index (χ1v) is 5.08. The van der Waals surface area contributed by atoms with Gasteiger partial charge < -0.3 is 0 Å². The van der Waals surface area contributed by atoms with Crippen molar-refractivity contribution in [3.8, 4) is 0 Å². The van der Waals surface area contributed by atoms with Gasteiger partial charge in [0.05, 0.1) is 9.92 Å². The van der Waals surface area contributed by atoms with Crippen LogP contribution in [0.25, 0.3) is 0 Å². The molecule has 6 heteroatoms. The second-order valence-electron chi connectivity index (χ2n) is 2.29. The molecule has 0 unspecified atom stereocenters. The molecular weight excluding hydrogens is 214 g/mol. The van der Waals surface area contributed by atoms with E-state index in [-0.39, 0.29) is 15.5 Å². The Hall–Kier alpha value is -0.910. The molecule has 0 heterocycles. The topological polar surface area (TPSA) is 77.2 Å². The highest BCUT2D eigenvalue weighted by molar-refractivity contribution is 7.89. The Kier molecular flexibility index (Phi) is 2.70. The number of hydrogen-bond acceptors (Lipinski definition) is 3. The predicted octanol–water partition coefficient (Wildman–Crippen LogP) is 0.445. The van der Waals surface area contributed by atoms with Crippen LogP contribution < -0.4 is 5.14 Å². The van der Waals surface area contributed by atoms with Crippen molar-refractivity contribution in [2.75, 3.05) is 0 Å². The third kappa shape index (κ3) is 2.27. The molecule has 69 valence electrons. The summed E-state index contributed by atoms with van der Waals surface area (Å²) in [6.45, 7) is 0. The van der Waals surface area contributed by atoms with Crippen LogP contribution in [0.3, 0.4) is 0 Å². The molecule has 0 fully saturated rings. The molecule has 13 heavy (non-hydrogen) atoms. The third-order valence-electron chi connectivity index (χ3n) is 1.38. The zero-order valence-electron chi connectivity index (χ0n) is 6.32. The van der Waals surface area contributed by atoms with Crippen LogP contribution in [0.15, 0.2) is 23.1 Å². The predicted molar refractivity (Wildman–Crippen MR) is 47.6 cm³/mol. The number of primary sulfonamides is 1. The van der Waals surface area contributed by atoms with E-state index in [0.717, 1.165) is 6.07 Å². The van der Waals surface area contributed by atoms with Gasteiger partial charge in [0, 0.05) is 5.56 Å². The Morgan fingerprint density at radius 1 is 1.38 bits per heavy atom. The SMILES string of the molecule is NS(=O)(=O)c1ccc(Cl)c([C]=O)c1. The Bertz CT molecular complexity index is 441. The zero-order chi connectivity index (χ0) is 10.1. The Morgan fingerprint density at radius 2 is 2.00 bits per heavy atom. The van der Waals surface area contributed by atoms with E-state index in [0.29, 0.717) is 0 Å². The van der Waals surface area contributed by atoms with Crippen LogP contribution in [-0.2, 0) is 14.8 Å². The molecule has 2 N–H and O–H groups in total. The van der Waals surface area contributed by atoms with Crippen molar-refractivity contribution in [3.63, 3.8) is 0 Å². The lowest BCUT2D eigenvalue weighted by Gasteiger charge is -1.99. The molecule has 0 aliphatic rings. The first kappa shape index (κ1) is 10.2. The zero-order valence-corrected chi connectivity index (χ0v) is 7.89. The normalized spacial score (nSPS) is 11.2. The highest BCUT2D eigenvalue weighted by atomic mass is 35.5. The van der Waals surface area contributed by atoms with Gasteiger partial charge in [0.2, 0.25) is 16.3 Å². The quantitative estimate of drug-likeness (QED) is 0.783. The van der Waals surface area contributed by atoms with Gasteiger partial charge in [0.15, 0.2) is 0 Å². The summed E-state index contributed by atoms with van der Waals surface area (Å²) < 4.78 is 21.6. The second-order valence-corrected chi connectivity index (χ2v) is 4.26. The van der Waals surface area contributed by atoms with E-state index in [1.807, 2.05) is 0 Å². The van der Waals surface area contributed by atoms with Crippen LogP contribution in [0.4, 0.5) is 0 Å². The van der Waals surface area contributed by atoms with Gasteiger partial charge in [-0.3, -0.25) is 4.79 Å². The maximum absolute atomic E-state index is 10.8. The molecule has 4 nitrogen and oxygen atoms in total. The molecule has 1 aromatic carbocycles. The van der Waals surface area contributed by atoms with Crippen LogP contribution in [0.1, 0.15) is 5.56 Å². The van der Waals surface area contributed by atoms with Crippen LogP contribution in [0.5, 0.6) is 0 Å². The van der Waals surface area contributed by atoms with Gasteiger partial charge in [-0.15, -0.1) is 0 Å². The van der Waals surface area contributed by atoms with E-state index in [1.54, 1.807) is 0 Å². The summed E-state index contributed by atoms with van der Waals surface area (Å²) in [5.41, 5.74) is -0.0202.